The average Bonchev–Trinajstić information content (AvgIpc) is 2.17. The predicted molar refractivity (Wildman–Crippen MR) is 60.0 cm³/mol. The van der Waals surface area contributed by atoms with Crippen LogP contribution in [0.3, 0.4) is 0 Å². The third-order valence-electron chi connectivity index (χ3n) is 2.97. The molecule has 0 aromatic carbocycles. The highest BCUT2D eigenvalue weighted by Crippen LogP contribution is 2.16. The normalized spacial score (nSPS) is 16.1. The van der Waals surface area contributed by atoms with Crippen LogP contribution >= 0.6 is 0 Å². The molecule has 0 saturated heterocycles. The molecule has 1 unspecified atom stereocenters. The van der Waals surface area contributed by atoms with E-state index in [0.29, 0.717) is 13.0 Å². The van der Waals surface area contributed by atoms with Crippen molar-refractivity contribution in [2.24, 2.45) is 0 Å². The van der Waals surface area contributed by atoms with Gasteiger partial charge in [-0.3, -0.25) is 4.79 Å². The second kappa shape index (κ2) is 5.47. The molecule has 1 atom stereocenters. The number of hydrogen-bond donors (Lipinski definition) is 2. The van der Waals surface area contributed by atoms with Crippen molar-refractivity contribution in [2.75, 3.05) is 13.7 Å². The molecule has 4 nitrogen and oxygen atoms in total. The average molecular weight is 217 g/mol. The van der Waals surface area contributed by atoms with E-state index in [-0.39, 0.29) is 5.60 Å². The van der Waals surface area contributed by atoms with Gasteiger partial charge >= 0.3 is 5.97 Å². The highest BCUT2D eigenvalue weighted by Gasteiger charge is 2.31. The van der Waals surface area contributed by atoms with Crippen LogP contribution in [-0.2, 0) is 9.53 Å². The van der Waals surface area contributed by atoms with Crippen LogP contribution in [0, 0.1) is 0 Å². The van der Waals surface area contributed by atoms with Gasteiger partial charge in [-0.15, -0.1) is 0 Å². The molecule has 0 aliphatic carbocycles. The van der Waals surface area contributed by atoms with Gasteiger partial charge in [0.1, 0.15) is 5.54 Å². The molecule has 0 bridgehead atoms. The number of ether oxygens (including phenoxy) is 1. The van der Waals surface area contributed by atoms with Gasteiger partial charge in [0.2, 0.25) is 0 Å². The van der Waals surface area contributed by atoms with Gasteiger partial charge in [-0.1, -0.05) is 6.92 Å². The van der Waals surface area contributed by atoms with Crippen LogP contribution in [0.25, 0.3) is 0 Å². The van der Waals surface area contributed by atoms with Gasteiger partial charge in [0.05, 0.1) is 5.60 Å². The zero-order valence-corrected chi connectivity index (χ0v) is 10.4. The quantitative estimate of drug-likeness (QED) is 0.680. The number of carboxylic acid groups (broad SMARTS) is 1. The Labute approximate surface area is 92.0 Å². The highest BCUT2D eigenvalue weighted by atomic mass is 16.5. The van der Waals surface area contributed by atoms with Gasteiger partial charge < -0.3 is 15.2 Å². The van der Waals surface area contributed by atoms with Crippen molar-refractivity contribution in [1.82, 2.24) is 5.32 Å². The van der Waals surface area contributed by atoms with Crippen molar-refractivity contribution in [2.45, 2.75) is 51.7 Å². The van der Waals surface area contributed by atoms with E-state index >= 15 is 0 Å². The topological polar surface area (TPSA) is 58.6 Å². The van der Waals surface area contributed by atoms with Crippen LogP contribution in [0.5, 0.6) is 0 Å². The van der Waals surface area contributed by atoms with E-state index in [0.717, 1.165) is 6.42 Å². The minimum Gasteiger partial charge on any atom is -0.480 e. The van der Waals surface area contributed by atoms with Gasteiger partial charge in [0.25, 0.3) is 0 Å². The number of carbonyl (C=O) groups is 1. The molecular weight excluding hydrogens is 194 g/mol. The van der Waals surface area contributed by atoms with Gasteiger partial charge in [0.15, 0.2) is 0 Å². The summed E-state index contributed by atoms with van der Waals surface area (Å²) in [5, 5.41) is 11.8. The van der Waals surface area contributed by atoms with E-state index in [1.807, 2.05) is 13.8 Å². The van der Waals surface area contributed by atoms with Crippen molar-refractivity contribution >= 4 is 5.97 Å². The molecule has 0 aliphatic rings. The fraction of sp³-hybridized carbons (Fsp3) is 0.909. The maximum Gasteiger partial charge on any atom is 0.323 e. The van der Waals surface area contributed by atoms with Crippen molar-refractivity contribution < 1.29 is 14.6 Å². The summed E-state index contributed by atoms with van der Waals surface area (Å²) in [5.41, 5.74) is -1.07. The van der Waals surface area contributed by atoms with E-state index in [1.165, 1.54) is 0 Å². The Balaban J connectivity index is 4.09. The first-order valence-corrected chi connectivity index (χ1v) is 5.33. The third-order valence-corrected chi connectivity index (χ3v) is 2.97. The summed E-state index contributed by atoms with van der Waals surface area (Å²) in [6, 6.07) is 0. The van der Waals surface area contributed by atoms with E-state index in [9.17, 15) is 4.79 Å². The Morgan fingerprint density at radius 1 is 1.40 bits per heavy atom. The maximum atomic E-state index is 11.0. The van der Waals surface area contributed by atoms with Crippen LogP contribution < -0.4 is 5.32 Å². The molecule has 0 aromatic rings. The molecule has 0 amide bonds. The summed E-state index contributed by atoms with van der Waals surface area (Å²) < 4.78 is 5.62. The Morgan fingerprint density at radius 3 is 2.27 bits per heavy atom. The van der Waals surface area contributed by atoms with Crippen LogP contribution in [0.4, 0.5) is 0 Å². The zero-order valence-electron chi connectivity index (χ0n) is 10.4. The Hall–Kier alpha value is -0.610. The number of likely N-dealkylation sites (N-methyl/N-ethyl adjacent to an activating group) is 1. The summed E-state index contributed by atoms with van der Waals surface area (Å²) in [7, 11) is 1.65. The van der Waals surface area contributed by atoms with Crippen LogP contribution in [0.1, 0.15) is 40.5 Å². The van der Waals surface area contributed by atoms with E-state index in [4.69, 9.17) is 9.84 Å². The van der Waals surface area contributed by atoms with Gasteiger partial charge in [0, 0.05) is 6.61 Å². The Kier molecular flexibility index (Phi) is 5.24. The molecule has 0 fully saturated rings. The lowest BCUT2D eigenvalue weighted by atomic mass is 9.98. The summed E-state index contributed by atoms with van der Waals surface area (Å²) in [6.07, 6.45) is 1.37. The second-order valence-electron chi connectivity index (χ2n) is 4.60. The Morgan fingerprint density at radius 2 is 1.93 bits per heavy atom. The van der Waals surface area contributed by atoms with Gasteiger partial charge in [-0.05, 0) is 40.7 Å². The molecule has 0 spiro atoms. The molecular formula is C11H23NO3. The third kappa shape index (κ3) is 4.62. The lowest BCUT2D eigenvalue weighted by Gasteiger charge is -2.28. The van der Waals surface area contributed by atoms with Crippen molar-refractivity contribution in [3.8, 4) is 0 Å². The highest BCUT2D eigenvalue weighted by molar-refractivity contribution is 5.78. The number of carboxylic acids is 1. The van der Waals surface area contributed by atoms with Crippen LogP contribution in [0.15, 0.2) is 0 Å². The minimum atomic E-state index is -0.899. The van der Waals surface area contributed by atoms with E-state index < -0.39 is 11.5 Å². The van der Waals surface area contributed by atoms with E-state index in [2.05, 4.69) is 12.2 Å². The lowest BCUT2D eigenvalue weighted by molar-refractivity contribution is -0.145. The maximum absolute atomic E-state index is 11.0. The summed E-state index contributed by atoms with van der Waals surface area (Å²) >= 11 is 0. The van der Waals surface area contributed by atoms with Crippen LogP contribution in [-0.4, -0.2) is 35.9 Å². The predicted octanol–water partition coefficient (Wildman–Crippen LogP) is 1.64. The minimum absolute atomic E-state index is 0.173. The number of hydrogen-bond acceptors (Lipinski definition) is 3. The SMILES string of the molecule is CCC(C)(C)OCCC(C)(NC)C(=O)O. The number of rotatable bonds is 7. The van der Waals surface area contributed by atoms with Crippen LogP contribution in [0.2, 0.25) is 0 Å². The molecule has 0 heterocycles. The molecule has 90 valence electrons. The molecule has 0 saturated carbocycles. The first-order chi connectivity index (χ1) is 6.77. The van der Waals surface area contributed by atoms with Crippen molar-refractivity contribution in [3.05, 3.63) is 0 Å². The first kappa shape index (κ1) is 14.4. The standard InChI is InChI=1S/C11H23NO3/c1-6-10(2,3)15-8-7-11(4,12-5)9(13)14/h12H,6-8H2,1-5H3,(H,13,14). The monoisotopic (exact) mass is 217 g/mol. The Bertz CT molecular complexity index is 216. The molecule has 4 heteroatoms. The van der Waals surface area contributed by atoms with Crippen molar-refractivity contribution in [1.29, 1.82) is 0 Å². The second-order valence-corrected chi connectivity index (χ2v) is 4.60. The fourth-order valence-electron chi connectivity index (χ4n) is 0.972. The lowest BCUT2D eigenvalue weighted by Crippen LogP contribution is -2.48. The van der Waals surface area contributed by atoms with E-state index in [1.54, 1.807) is 14.0 Å². The summed E-state index contributed by atoms with van der Waals surface area (Å²) in [6.45, 7) is 8.17. The van der Waals surface area contributed by atoms with Crippen molar-refractivity contribution in [3.63, 3.8) is 0 Å². The fourth-order valence-corrected chi connectivity index (χ4v) is 0.972. The zero-order chi connectivity index (χ0) is 12.1. The number of nitrogens with one attached hydrogen (secondary N) is 1. The first-order valence-electron chi connectivity index (χ1n) is 5.33. The number of aliphatic carboxylic acids is 1. The molecule has 2 N–H and O–H groups in total. The molecule has 15 heavy (non-hydrogen) atoms. The van der Waals surface area contributed by atoms with Gasteiger partial charge in [-0.25, -0.2) is 0 Å². The molecule has 0 rings (SSSR count). The summed E-state index contributed by atoms with van der Waals surface area (Å²) in [5.74, 6) is -0.845. The molecule has 0 aromatic heterocycles. The largest absolute Gasteiger partial charge is 0.480 e. The van der Waals surface area contributed by atoms with Gasteiger partial charge in [-0.2, -0.15) is 0 Å². The smallest absolute Gasteiger partial charge is 0.323 e. The molecule has 0 radical (unpaired) electrons. The summed E-state index contributed by atoms with van der Waals surface area (Å²) in [4.78, 5) is 11.0. The molecule has 0 aliphatic heterocycles.